The molecule has 0 bridgehead atoms. The van der Waals surface area contributed by atoms with Crippen LogP contribution < -0.4 is 20.7 Å². The van der Waals surface area contributed by atoms with E-state index in [4.69, 9.17) is 16.3 Å². The SMILES string of the molecule is O=C(/C=C/c1cccc(OC2=CCNC(C3N=CCCN3)=C2)c1)Nc1ccc(Cl)c(C(F)(F)F)c1. The number of carbonyl (C=O) groups is 1. The molecule has 4 rings (SSSR count). The van der Waals surface area contributed by atoms with Crippen LogP contribution in [0.1, 0.15) is 17.5 Å². The first kappa shape index (κ1) is 24.6. The van der Waals surface area contributed by atoms with Gasteiger partial charge in [-0.25, -0.2) is 0 Å². The summed E-state index contributed by atoms with van der Waals surface area (Å²) in [6, 6.07) is 10.3. The van der Waals surface area contributed by atoms with Gasteiger partial charge in [-0.3, -0.25) is 15.1 Å². The summed E-state index contributed by atoms with van der Waals surface area (Å²) in [5.74, 6) is 0.660. The maximum Gasteiger partial charge on any atom is 0.417 e. The Labute approximate surface area is 205 Å². The number of halogens is 4. The highest BCUT2D eigenvalue weighted by Gasteiger charge is 2.33. The van der Waals surface area contributed by atoms with Gasteiger partial charge in [0, 0.05) is 37.1 Å². The number of hydrogen-bond acceptors (Lipinski definition) is 5. The molecule has 6 nitrogen and oxygen atoms in total. The van der Waals surface area contributed by atoms with Crippen molar-refractivity contribution in [2.24, 2.45) is 4.99 Å². The van der Waals surface area contributed by atoms with Crippen molar-refractivity contribution in [3.05, 3.63) is 88.3 Å². The molecule has 1 unspecified atom stereocenters. The highest BCUT2D eigenvalue weighted by atomic mass is 35.5. The summed E-state index contributed by atoms with van der Waals surface area (Å²) in [5.41, 5.74) is 0.580. The molecular weight excluding hydrogens is 481 g/mol. The number of alkyl halides is 3. The van der Waals surface area contributed by atoms with E-state index in [1.165, 1.54) is 12.1 Å². The van der Waals surface area contributed by atoms with Gasteiger partial charge in [0.05, 0.1) is 16.3 Å². The average molecular weight is 503 g/mol. The molecule has 1 amide bonds. The van der Waals surface area contributed by atoms with E-state index in [0.717, 1.165) is 30.8 Å². The number of rotatable bonds is 6. The second kappa shape index (κ2) is 10.8. The van der Waals surface area contributed by atoms with E-state index in [0.29, 0.717) is 23.6 Å². The van der Waals surface area contributed by atoms with Gasteiger partial charge in [-0.2, -0.15) is 13.2 Å². The van der Waals surface area contributed by atoms with Crippen LogP contribution in [0.3, 0.4) is 0 Å². The third kappa shape index (κ3) is 6.74. The molecule has 0 aromatic heterocycles. The summed E-state index contributed by atoms with van der Waals surface area (Å²) in [4.78, 5) is 16.7. The van der Waals surface area contributed by atoms with E-state index >= 15 is 0 Å². The Kier molecular flexibility index (Phi) is 7.57. The van der Waals surface area contributed by atoms with E-state index in [-0.39, 0.29) is 11.9 Å². The van der Waals surface area contributed by atoms with Gasteiger partial charge in [0.25, 0.3) is 0 Å². The summed E-state index contributed by atoms with van der Waals surface area (Å²) in [6.45, 7) is 1.46. The molecule has 3 N–H and O–H groups in total. The summed E-state index contributed by atoms with van der Waals surface area (Å²) in [5, 5.41) is 8.58. The number of aliphatic imine (C=N–C) groups is 1. The number of benzene rings is 2. The van der Waals surface area contributed by atoms with Crippen molar-refractivity contribution in [2.75, 3.05) is 18.4 Å². The smallest absolute Gasteiger partial charge is 0.417 e. The Morgan fingerprint density at radius 3 is 2.86 bits per heavy atom. The van der Waals surface area contributed by atoms with Crippen LogP contribution in [0, 0.1) is 0 Å². The van der Waals surface area contributed by atoms with Crippen molar-refractivity contribution in [3.63, 3.8) is 0 Å². The molecule has 2 aromatic carbocycles. The normalized spacial score (nSPS) is 18.0. The van der Waals surface area contributed by atoms with Gasteiger partial charge in [0.15, 0.2) is 0 Å². The van der Waals surface area contributed by atoms with Gasteiger partial charge in [-0.15, -0.1) is 0 Å². The fraction of sp³-hybridized carbons (Fsp3) is 0.200. The van der Waals surface area contributed by atoms with Gasteiger partial charge in [-0.05, 0) is 54.5 Å². The van der Waals surface area contributed by atoms with Crippen LogP contribution in [0.4, 0.5) is 18.9 Å². The number of carbonyl (C=O) groups excluding carboxylic acids is 1. The maximum atomic E-state index is 13.0. The van der Waals surface area contributed by atoms with Gasteiger partial charge in [-0.1, -0.05) is 23.7 Å². The van der Waals surface area contributed by atoms with Crippen molar-refractivity contribution in [3.8, 4) is 5.75 Å². The Balaban J connectivity index is 1.39. The maximum absolute atomic E-state index is 13.0. The second-order valence-corrected chi connectivity index (χ2v) is 8.16. The molecule has 2 aromatic rings. The predicted molar refractivity (Wildman–Crippen MR) is 130 cm³/mol. The molecule has 0 saturated heterocycles. The molecular formula is C25H22ClF3N4O2. The third-order valence-electron chi connectivity index (χ3n) is 5.13. The van der Waals surface area contributed by atoms with Crippen LogP contribution in [-0.2, 0) is 11.0 Å². The molecule has 0 fully saturated rings. The lowest BCUT2D eigenvalue weighted by molar-refractivity contribution is -0.137. The molecule has 0 spiro atoms. The molecule has 1 atom stereocenters. The van der Waals surface area contributed by atoms with E-state index < -0.39 is 22.7 Å². The first-order valence-corrected chi connectivity index (χ1v) is 11.2. The van der Waals surface area contributed by atoms with Gasteiger partial charge in [0.1, 0.15) is 17.7 Å². The number of anilines is 1. The van der Waals surface area contributed by atoms with Crippen molar-refractivity contribution in [1.82, 2.24) is 10.6 Å². The lowest BCUT2D eigenvalue weighted by Gasteiger charge is -2.24. The molecule has 0 radical (unpaired) electrons. The number of ether oxygens (including phenoxy) is 1. The summed E-state index contributed by atoms with van der Waals surface area (Å²) >= 11 is 5.61. The van der Waals surface area contributed by atoms with Crippen molar-refractivity contribution in [1.29, 1.82) is 0 Å². The van der Waals surface area contributed by atoms with Gasteiger partial charge < -0.3 is 15.4 Å². The standard InChI is InChI=1S/C25H22ClF3N4O2/c26-21-7-6-17(14-20(21)25(27,28)29)33-23(34)8-5-16-3-1-4-18(13-16)35-19-9-12-30-22(15-19)24-31-10-2-11-32-24/h1,3-10,13-15,24,30,32H,2,11-12H2,(H,33,34)/b8-5+. The number of amides is 1. The fourth-order valence-electron chi connectivity index (χ4n) is 3.48. The minimum absolute atomic E-state index is 0.00862. The minimum atomic E-state index is -4.62. The van der Waals surface area contributed by atoms with Crippen LogP contribution in [0.5, 0.6) is 5.75 Å². The number of nitrogens with zero attached hydrogens (tertiary/aromatic N) is 1. The zero-order valence-electron chi connectivity index (χ0n) is 18.4. The molecule has 2 aliphatic rings. The van der Waals surface area contributed by atoms with E-state index in [9.17, 15) is 18.0 Å². The monoisotopic (exact) mass is 502 g/mol. The lowest BCUT2D eigenvalue weighted by Crippen LogP contribution is -2.39. The first-order chi connectivity index (χ1) is 16.8. The molecule has 35 heavy (non-hydrogen) atoms. The Bertz CT molecular complexity index is 1220. The molecule has 2 heterocycles. The Morgan fingerprint density at radius 1 is 1.23 bits per heavy atom. The first-order valence-electron chi connectivity index (χ1n) is 10.8. The van der Waals surface area contributed by atoms with E-state index in [1.54, 1.807) is 30.3 Å². The number of dihydropyridines is 1. The van der Waals surface area contributed by atoms with Gasteiger partial charge >= 0.3 is 6.18 Å². The van der Waals surface area contributed by atoms with Crippen LogP contribution >= 0.6 is 11.6 Å². The van der Waals surface area contributed by atoms with E-state index in [2.05, 4.69) is 20.9 Å². The van der Waals surface area contributed by atoms with Crippen LogP contribution in [0.2, 0.25) is 5.02 Å². The average Bonchev–Trinajstić information content (AvgIpc) is 2.84. The quantitative estimate of drug-likeness (QED) is 0.478. The Hall–Kier alpha value is -3.56. The predicted octanol–water partition coefficient (Wildman–Crippen LogP) is 5.15. The van der Waals surface area contributed by atoms with Crippen molar-refractivity contribution >= 4 is 35.5 Å². The van der Waals surface area contributed by atoms with Crippen LogP contribution in [-0.4, -0.2) is 31.4 Å². The zero-order chi connectivity index (χ0) is 24.8. The Morgan fingerprint density at radius 2 is 2.09 bits per heavy atom. The summed E-state index contributed by atoms with van der Waals surface area (Å²) in [6.07, 6.45) is 4.63. The molecule has 182 valence electrons. The minimum Gasteiger partial charge on any atom is -0.458 e. The number of allylic oxidation sites excluding steroid dienone is 1. The largest absolute Gasteiger partial charge is 0.458 e. The second-order valence-electron chi connectivity index (χ2n) is 7.75. The van der Waals surface area contributed by atoms with E-state index in [1.807, 2.05) is 18.4 Å². The molecule has 2 aliphatic heterocycles. The fourth-order valence-corrected chi connectivity index (χ4v) is 3.71. The lowest BCUT2D eigenvalue weighted by atomic mass is 10.1. The third-order valence-corrected chi connectivity index (χ3v) is 5.46. The number of hydrogen-bond donors (Lipinski definition) is 3. The number of nitrogens with one attached hydrogen (secondary N) is 3. The summed E-state index contributed by atoms with van der Waals surface area (Å²) < 4.78 is 45.0. The highest BCUT2D eigenvalue weighted by molar-refractivity contribution is 6.31. The van der Waals surface area contributed by atoms with Crippen LogP contribution in [0.25, 0.3) is 6.08 Å². The van der Waals surface area contributed by atoms with Crippen molar-refractivity contribution in [2.45, 2.75) is 18.8 Å². The molecule has 0 saturated carbocycles. The topological polar surface area (TPSA) is 74.8 Å². The molecule has 10 heteroatoms. The van der Waals surface area contributed by atoms with Crippen LogP contribution in [0.15, 0.2) is 77.1 Å². The zero-order valence-corrected chi connectivity index (χ0v) is 19.2. The van der Waals surface area contributed by atoms with Gasteiger partial charge in [0.2, 0.25) is 5.91 Å². The van der Waals surface area contributed by atoms with Crippen molar-refractivity contribution < 1.29 is 22.7 Å². The highest BCUT2D eigenvalue weighted by Crippen LogP contribution is 2.36. The molecule has 0 aliphatic carbocycles. The summed E-state index contributed by atoms with van der Waals surface area (Å²) in [7, 11) is 0.